The minimum Gasteiger partial charge on any atom is -0.381 e. The van der Waals surface area contributed by atoms with Crippen LogP contribution in [-0.4, -0.2) is 22.6 Å². The molecular formula is C13H16N2O. The summed E-state index contributed by atoms with van der Waals surface area (Å²) >= 11 is 0. The zero-order chi connectivity index (χ0) is 11.0. The van der Waals surface area contributed by atoms with E-state index < -0.39 is 0 Å². The molecule has 0 spiro atoms. The Labute approximate surface area is 95.1 Å². The topological polar surface area (TPSA) is 26.5 Å². The van der Waals surface area contributed by atoms with Crippen LogP contribution in [0.3, 0.4) is 0 Å². The predicted molar refractivity (Wildman–Crippen MR) is 62.7 cm³/mol. The zero-order valence-corrected chi connectivity index (χ0v) is 9.52. The molecule has 0 unspecified atom stereocenters. The molecule has 0 bridgehead atoms. The van der Waals surface area contributed by atoms with Gasteiger partial charge in [-0.3, -0.25) is 0 Å². The van der Waals surface area contributed by atoms with E-state index in [2.05, 4.69) is 34.6 Å². The Morgan fingerprint density at radius 3 is 3.00 bits per heavy atom. The Bertz CT molecular complexity index is 498. The van der Waals surface area contributed by atoms with Crippen LogP contribution in [0.2, 0.25) is 0 Å². The van der Waals surface area contributed by atoms with Crippen LogP contribution >= 0.6 is 0 Å². The quantitative estimate of drug-likeness (QED) is 0.732. The molecular weight excluding hydrogens is 200 g/mol. The van der Waals surface area contributed by atoms with Gasteiger partial charge in [-0.25, -0.2) is 4.98 Å². The van der Waals surface area contributed by atoms with Crippen LogP contribution in [0.1, 0.15) is 30.1 Å². The summed E-state index contributed by atoms with van der Waals surface area (Å²) in [4.78, 5) is 4.59. The first-order chi connectivity index (χ1) is 7.86. The number of imidazole rings is 1. The van der Waals surface area contributed by atoms with Gasteiger partial charge in [0.05, 0.1) is 11.7 Å². The lowest BCUT2D eigenvalue weighted by atomic mass is 9.99. The highest BCUT2D eigenvalue weighted by atomic mass is 16.5. The molecule has 3 rings (SSSR count). The summed E-state index contributed by atoms with van der Waals surface area (Å²) in [6.45, 7) is 3.86. The summed E-state index contributed by atoms with van der Waals surface area (Å²) in [5.74, 6) is 1.75. The van der Waals surface area contributed by atoms with Gasteiger partial charge in [0.1, 0.15) is 5.82 Å². The maximum atomic E-state index is 5.40. The highest BCUT2D eigenvalue weighted by Crippen LogP contribution is 2.27. The highest BCUT2D eigenvalue weighted by Gasteiger charge is 2.20. The number of aromatic nitrogens is 2. The van der Waals surface area contributed by atoms with Crippen molar-refractivity contribution < 1.29 is 4.74 Å². The van der Waals surface area contributed by atoms with Gasteiger partial charge in [0.15, 0.2) is 0 Å². The van der Waals surface area contributed by atoms with Gasteiger partial charge < -0.3 is 9.14 Å². The minimum atomic E-state index is 0.554. The fourth-order valence-electron chi connectivity index (χ4n) is 2.44. The van der Waals surface area contributed by atoms with Crippen molar-refractivity contribution in [2.45, 2.75) is 25.7 Å². The molecule has 1 aliphatic rings. The summed E-state index contributed by atoms with van der Waals surface area (Å²) in [7, 11) is 0. The molecule has 1 fully saturated rings. The Balaban J connectivity index is 2.06. The Kier molecular flexibility index (Phi) is 2.40. The molecule has 0 radical (unpaired) electrons. The van der Waals surface area contributed by atoms with E-state index in [1.54, 1.807) is 0 Å². The van der Waals surface area contributed by atoms with Crippen molar-refractivity contribution in [3.63, 3.8) is 0 Å². The first-order valence-corrected chi connectivity index (χ1v) is 5.86. The third kappa shape index (κ3) is 1.52. The van der Waals surface area contributed by atoms with E-state index in [1.165, 1.54) is 16.9 Å². The molecule has 0 aromatic carbocycles. The number of hydrogen-bond acceptors (Lipinski definition) is 2. The van der Waals surface area contributed by atoms with Crippen molar-refractivity contribution in [1.82, 2.24) is 9.38 Å². The van der Waals surface area contributed by atoms with E-state index in [-0.39, 0.29) is 0 Å². The second kappa shape index (κ2) is 3.91. The average Bonchev–Trinajstić information content (AvgIpc) is 2.75. The first kappa shape index (κ1) is 9.85. The van der Waals surface area contributed by atoms with E-state index >= 15 is 0 Å². The molecule has 0 atom stereocenters. The Morgan fingerprint density at radius 2 is 2.19 bits per heavy atom. The summed E-state index contributed by atoms with van der Waals surface area (Å²) in [5, 5.41) is 0. The molecule has 0 N–H and O–H groups in total. The second-order valence-electron chi connectivity index (χ2n) is 4.45. The Hall–Kier alpha value is -1.35. The van der Waals surface area contributed by atoms with Crippen molar-refractivity contribution in [3.05, 3.63) is 35.9 Å². The molecule has 84 valence electrons. The van der Waals surface area contributed by atoms with E-state index in [0.717, 1.165) is 26.1 Å². The molecule has 0 aliphatic carbocycles. The van der Waals surface area contributed by atoms with Gasteiger partial charge in [0, 0.05) is 25.3 Å². The van der Waals surface area contributed by atoms with Gasteiger partial charge in [-0.15, -0.1) is 0 Å². The summed E-state index contributed by atoms with van der Waals surface area (Å²) < 4.78 is 7.62. The number of pyridine rings is 1. The minimum absolute atomic E-state index is 0.554. The monoisotopic (exact) mass is 216 g/mol. The normalized spacial score (nSPS) is 18.1. The van der Waals surface area contributed by atoms with Crippen LogP contribution in [0.5, 0.6) is 0 Å². The van der Waals surface area contributed by atoms with Crippen LogP contribution in [0.4, 0.5) is 0 Å². The first-order valence-electron chi connectivity index (χ1n) is 5.86. The number of aryl methyl sites for hydroxylation is 1. The van der Waals surface area contributed by atoms with E-state index in [0.29, 0.717) is 5.92 Å². The van der Waals surface area contributed by atoms with Crippen LogP contribution < -0.4 is 0 Å². The van der Waals surface area contributed by atoms with Gasteiger partial charge in [-0.05, 0) is 31.4 Å². The maximum Gasteiger partial charge on any atom is 0.116 e. The molecule has 0 amide bonds. The number of nitrogens with zero attached hydrogens (tertiary/aromatic N) is 2. The van der Waals surface area contributed by atoms with Gasteiger partial charge in [-0.1, -0.05) is 6.07 Å². The second-order valence-corrected chi connectivity index (χ2v) is 4.45. The van der Waals surface area contributed by atoms with E-state index in [4.69, 9.17) is 4.74 Å². The Morgan fingerprint density at radius 1 is 1.38 bits per heavy atom. The third-order valence-electron chi connectivity index (χ3n) is 3.40. The molecule has 1 saturated heterocycles. The average molecular weight is 216 g/mol. The maximum absolute atomic E-state index is 5.40. The number of fused-ring (bicyclic) bond motifs is 1. The lowest BCUT2D eigenvalue weighted by Crippen LogP contribution is -2.16. The highest BCUT2D eigenvalue weighted by molar-refractivity contribution is 5.53. The smallest absolute Gasteiger partial charge is 0.116 e. The van der Waals surface area contributed by atoms with Crippen LogP contribution in [0, 0.1) is 6.92 Å². The largest absolute Gasteiger partial charge is 0.381 e. The van der Waals surface area contributed by atoms with Gasteiger partial charge in [0.25, 0.3) is 0 Å². The van der Waals surface area contributed by atoms with Crippen LogP contribution in [-0.2, 0) is 4.74 Å². The van der Waals surface area contributed by atoms with Crippen LogP contribution in [0.25, 0.3) is 5.52 Å². The fraction of sp³-hybridized carbons (Fsp3) is 0.462. The van der Waals surface area contributed by atoms with Crippen molar-refractivity contribution in [3.8, 4) is 0 Å². The van der Waals surface area contributed by atoms with Crippen molar-refractivity contribution in [2.75, 3.05) is 13.2 Å². The lowest BCUT2D eigenvalue weighted by Gasteiger charge is -2.21. The van der Waals surface area contributed by atoms with Gasteiger partial charge in [0.2, 0.25) is 0 Å². The molecule has 1 aliphatic heterocycles. The molecule has 16 heavy (non-hydrogen) atoms. The molecule has 0 saturated carbocycles. The third-order valence-corrected chi connectivity index (χ3v) is 3.40. The van der Waals surface area contributed by atoms with Gasteiger partial charge >= 0.3 is 0 Å². The SMILES string of the molecule is Cc1cccn2c(C3CCOCC3)ncc12. The summed E-state index contributed by atoms with van der Waals surface area (Å²) in [6.07, 6.45) is 6.28. The molecule has 3 heteroatoms. The predicted octanol–water partition coefficient (Wildman–Crippen LogP) is 2.54. The number of rotatable bonds is 1. The van der Waals surface area contributed by atoms with E-state index in [9.17, 15) is 0 Å². The summed E-state index contributed by atoms with van der Waals surface area (Å²) in [5.41, 5.74) is 2.51. The molecule has 2 aromatic rings. The standard InChI is InChI=1S/C13H16N2O/c1-10-3-2-6-15-12(10)9-14-13(15)11-4-7-16-8-5-11/h2-3,6,9,11H,4-5,7-8H2,1H3. The molecule has 2 aromatic heterocycles. The molecule has 3 nitrogen and oxygen atoms in total. The number of hydrogen-bond donors (Lipinski definition) is 0. The zero-order valence-electron chi connectivity index (χ0n) is 9.52. The lowest BCUT2D eigenvalue weighted by molar-refractivity contribution is 0.0835. The molecule has 3 heterocycles. The van der Waals surface area contributed by atoms with Crippen LogP contribution in [0.15, 0.2) is 24.5 Å². The van der Waals surface area contributed by atoms with Crippen molar-refractivity contribution >= 4 is 5.52 Å². The van der Waals surface area contributed by atoms with Crippen molar-refractivity contribution in [1.29, 1.82) is 0 Å². The summed E-state index contributed by atoms with van der Waals surface area (Å²) in [6, 6.07) is 4.22. The number of ether oxygens (including phenoxy) is 1. The van der Waals surface area contributed by atoms with E-state index in [1.807, 2.05) is 6.20 Å². The van der Waals surface area contributed by atoms with Crippen molar-refractivity contribution in [2.24, 2.45) is 0 Å². The van der Waals surface area contributed by atoms with Gasteiger partial charge in [-0.2, -0.15) is 0 Å². The fourth-order valence-corrected chi connectivity index (χ4v) is 2.44.